The highest BCUT2D eigenvalue weighted by molar-refractivity contribution is 6.24. The van der Waals surface area contributed by atoms with Crippen molar-refractivity contribution in [1.82, 2.24) is 0 Å². The predicted molar refractivity (Wildman–Crippen MR) is 251 cm³/mol. The van der Waals surface area contributed by atoms with Crippen LogP contribution in [0.5, 0.6) is 0 Å². The first-order valence-electron chi connectivity index (χ1n) is 20.4. The van der Waals surface area contributed by atoms with Crippen molar-refractivity contribution in [3.05, 3.63) is 224 Å². The Morgan fingerprint density at radius 1 is 0.431 bits per heavy atom. The lowest BCUT2D eigenvalue weighted by Crippen LogP contribution is -2.05. The molecule has 0 aromatic heterocycles. The molecule has 1 aliphatic rings. The lowest BCUT2D eigenvalue weighted by Gasteiger charge is -2.21. The van der Waals surface area contributed by atoms with Crippen molar-refractivity contribution in [1.29, 1.82) is 0 Å². The van der Waals surface area contributed by atoms with Crippen molar-refractivity contribution in [3.63, 3.8) is 0 Å². The smallest absolute Gasteiger partial charge is 0.0125 e. The molecule has 0 fully saturated rings. The van der Waals surface area contributed by atoms with Gasteiger partial charge < -0.3 is 0 Å². The fourth-order valence-corrected chi connectivity index (χ4v) is 9.77. The molecule has 1 unspecified atom stereocenters. The van der Waals surface area contributed by atoms with Crippen molar-refractivity contribution in [2.24, 2.45) is 5.92 Å². The van der Waals surface area contributed by atoms with Gasteiger partial charge in [0.05, 0.1) is 0 Å². The van der Waals surface area contributed by atoms with Crippen LogP contribution in [0.15, 0.2) is 207 Å². The van der Waals surface area contributed by atoms with Crippen LogP contribution in [0.1, 0.15) is 36.5 Å². The third kappa shape index (κ3) is 5.75. The van der Waals surface area contributed by atoms with Crippen LogP contribution in [0, 0.1) is 5.92 Å². The Kier molecular flexibility index (Phi) is 8.84. The minimum absolute atomic E-state index is 0.374. The highest BCUT2D eigenvalue weighted by atomic mass is 14.3. The SMILES string of the molecule is C=C/C=C(\C=C)c1cc(-c2ccccc2)cc(-c2ccc(-c3c4ccccc4c(-c4ccc5c(c4)C(C(C)C)c4ccccc4-5)c4ccccc34)c3ccccc23)c1. The van der Waals surface area contributed by atoms with Gasteiger partial charge in [-0.3, -0.25) is 0 Å². The maximum atomic E-state index is 4.15. The highest BCUT2D eigenvalue weighted by Gasteiger charge is 2.31. The maximum absolute atomic E-state index is 4.15. The van der Waals surface area contributed by atoms with Gasteiger partial charge in [0.1, 0.15) is 0 Å². The van der Waals surface area contributed by atoms with E-state index in [0.717, 1.165) is 11.1 Å². The van der Waals surface area contributed by atoms with Crippen molar-refractivity contribution in [2.45, 2.75) is 19.8 Å². The normalized spacial score (nSPS) is 13.6. The molecular formula is C58H44. The molecule has 1 atom stereocenters. The van der Waals surface area contributed by atoms with Gasteiger partial charge in [-0.05, 0) is 140 Å². The van der Waals surface area contributed by atoms with Crippen molar-refractivity contribution < 1.29 is 0 Å². The summed E-state index contributed by atoms with van der Waals surface area (Å²) >= 11 is 0. The molecule has 0 aliphatic heterocycles. The van der Waals surface area contributed by atoms with Gasteiger partial charge in [0.15, 0.2) is 0 Å². The molecule has 10 rings (SSSR count). The van der Waals surface area contributed by atoms with Gasteiger partial charge >= 0.3 is 0 Å². The van der Waals surface area contributed by atoms with E-state index in [-0.39, 0.29) is 0 Å². The summed E-state index contributed by atoms with van der Waals surface area (Å²) < 4.78 is 0. The molecular weight excluding hydrogens is 697 g/mol. The topological polar surface area (TPSA) is 0 Å². The zero-order chi connectivity index (χ0) is 39.3. The second-order valence-corrected chi connectivity index (χ2v) is 15.9. The molecule has 9 aromatic carbocycles. The minimum atomic E-state index is 0.374. The summed E-state index contributed by atoms with van der Waals surface area (Å²) in [5.41, 5.74) is 17.6. The van der Waals surface area contributed by atoms with E-state index in [9.17, 15) is 0 Å². The van der Waals surface area contributed by atoms with E-state index in [2.05, 4.69) is 203 Å². The van der Waals surface area contributed by atoms with Crippen LogP contribution < -0.4 is 0 Å². The monoisotopic (exact) mass is 740 g/mol. The summed E-state index contributed by atoms with van der Waals surface area (Å²) in [7, 11) is 0. The molecule has 0 saturated heterocycles. The molecule has 0 heterocycles. The molecule has 1 aliphatic carbocycles. The molecule has 0 saturated carbocycles. The summed E-state index contributed by atoms with van der Waals surface area (Å²) in [6.45, 7) is 12.8. The molecule has 0 radical (unpaired) electrons. The number of rotatable bonds is 8. The Hall–Kier alpha value is -7.02. The lowest BCUT2D eigenvalue weighted by atomic mass is 9.82. The zero-order valence-corrected chi connectivity index (χ0v) is 33.0. The summed E-state index contributed by atoms with van der Waals surface area (Å²) in [4.78, 5) is 0. The summed E-state index contributed by atoms with van der Waals surface area (Å²) in [5.74, 6) is 0.864. The quantitative estimate of drug-likeness (QED) is 0.107. The fourth-order valence-electron chi connectivity index (χ4n) is 9.77. The Morgan fingerprint density at radius 3 is 1.62 bits per heavy atom. The van der Waals surface area contributed by atoms with Crippen molar-refractivity contribution in [3.8, 4) is 55.6 Å². The first-order chi connectivity index (χ1) is 28.5. The molecule has 0 N–H and O–H groups in total. The Morgan fingerprint density at radius 2 is 0.966 bits per heavy atom. The minimum Gasteiger partial charge on any atom is -0.0990 e. The van der Waals surface area contributed by atoms with Crippen molar-refractivity contribution >= 4 is 37.9 Å². The van der Waals surface area contributed by atoms with E-state index in [1.165, 1.54) is 99.1 Å². The number of allylic oxidation sites excluding steroid dienone is 4. The third-order valence-corrected chi connectivity index (χ3v) is 12.3. The standard InChI is InChI=1S/C58H44/c1-5-18-38(6-2)41-33-42(39-19-8-7-9-20-39)35-43(34-41)44-31-32-54(46-22-11-10-21-45(44)46)58-52-27-16-14-25-50(52)57(51-26-15-17-28-53(51)58)40-29-30-48-47-23-12-13-24-49(47)56(37(3)4)55(48)36-40/h5-37,56H,1-2H2,3-4H3/b38-18+. The van der Waals surface area contributed by atoms with E-state index >= 15 is 0 Å². The van der Waals surface area contributed by atoms with Gasteiger partial charge in [-0.15, -0.1) is 0 Å². The zero-order valence-electron chi connectivity index (χ0n) is 33.0. The van der Waals surface area contributed by atoms with Crippen LogP contribution >= 0.6 is 0 Å². The predicted octanol–water partition coefficient (Wildman–Crippen LogP) is 16.3. The van der Waals surface area contributed by atoms with Gasteiger partial charge in [0, 0.05) is 5.92 Å². The molecule has 9 aromatic rings. The summed E-state index contributed by atoms with van der Waals surface area (Å²) in [6, 6.07) is 65.4. The number of hydrogen-bond donors (Lipinski definition) is 0. The van der Waals surface area contributed by atoms with Gasteiger partial charge in [-0.1, -0.05) is 197 Å². The average Bonchev–Trinajstić information content (AvgIpc) is 3.61. The molecule has 0 spiro atoms. The molecule has 0 amide bonds. The molecule has 0 bridgehead atoms. The molecule has 0 heteroatoms. The third-order valence-electron chi connectivity index (χ3n) is 12.3. The first-order valence-corrected chi connectivity index (χ1v) is 20.4. The van der Waals surface area contributed by atoms with Crippen LogP contribution in [-0.4, -0.2) is 0 Å². The average molecular weight is 741 g/mol. The van der Waals surface area contributed by atoms with E-state index in [1.54, 1.807) is 0 Å². The molecule has 0 nitrogen and oxygen atoms in total. The van der Waals surface area contributed by atoms with E-state index in [0.29, 0.717) is 11.8 Å². The fraction of sp³-hybridized carbons (Fsp3) is 0.0690. The number of fused-ring (bicyclic) bond motifs is 6. The van der Waals surface area contributed by atoms with Gasteiger partial charge in [-0.25, -0.2) is 0 Å². The summed E-state index contributed by atoms with van der Waals surface area (Å²) in [5, 5.41) is 7.52. The maximum Gasteiger partial charge on any atom is 0.0125 e. The number of hydrogen-bond acceptors (Lipinski definition) is 0. The Bertz CT molecular complexity index is 3060. The van der Waals surface area contributed by atoms with Crippen LogP contribution in [0.4, 0.5) is 0 Å². The van der Waals surface area contributed by atoms with E-state index in [4.69, 9.17) is 0 Å². The van der Waals surface area contributed by atoms with Gasteiger partial charge in [0.2, 0.25) is 0 Å². The van der Waals surface area contributed by atoms with Gasteiger partial charge in [-0.2, -0.15) is 0 Å². The second kappa shape index (κ2) is 14.5. The first kappa shape index (κ1) is 35.4. The highest BCUT2D eigenvalue weighted by Crippen LogP contribution is 2.51. The van der Waals surface area contributed by atoms with Crippen LogP contribution in [0.2, 0.25) is 0 Å². The summed E-state index contributed by atoms with van der Waals surface area (Å²) in [6.07, 6.45) is 5.79. The number of benzene rings is 9. The largest absolute Gasteiger partial charge is 0.0990 e. The Labute approximate surface area is 341 Å². The van der Waals surface area contributed by atoms with Crippen LogP contribution in [0.25, 0.3) is 93.5 Å². The van der Waals surface area contributed by atoms with Gasteiger partial charge in [0.25, 0.3) is 0 Å². The van der Waals surface area contributed by atoms with Crippen LogP contribution in [0.3, 0.4) is 0 Å². The lowest BCUT2D eigenvalue weighted by molar-refractivity contribution is 0.573. The van der Waals surface area contributed by atoms with E-state index < -0.39 is 0 Å². The Balaban J connectivity index is 1.20. The van der Waals surface area contributed by atoms with Crippen LogP contribution in [-0.2, 0) is 0 Å². The van der Waals surface area contributed by atoms with E-state index in [1.807, 2.05) is 18.2 Å². The second-order valence-electron chi connectivity index (χ2n) is 15.9. The van der Waals surface area contributed by atoms with Crippen molar-refractivity contribution in [2.75, 3.05) is 0 Å². The molecule has 58 heavy (non-hydrogen) atoms. The molecule has 276 valence electrons.